The van der Waals surface area contributed by atoms with E-state index in [-0.39, 0.29) is 18.9 Å². The summed E-state index contributed by atoms with van der Waals surface area (Å²) in [5.74, 6) is -0.821. The van der Waals surface area contributed by atoms with Gasteiger partial charge in [0.15, 0.2) is 0 Å². The lowest BCUT2D eigenvalue weighted by Crippen LogP contribution is -2.56. The molecular weight excluding hydrogens is 511 g/mol. The first-order valence-corrected chi connectivity index (χ1v) is 12.7. The number of benzene rings is 3. The van der Waals surface area contributed by atoms with E-state index in [0.29, 0.717) is 15.6 Å². The summed E-state index contributed by atoms with van der Waals surface area (Å²) >= 11 is 12.3. The Morgan fingerprint density at radius 1 is 1.00 bits per heavy atom. The number of amides is 1. The highest BCUT2D eigenvalue weighted by Crippen LogP contribution is 2.44. The van der Waals surface area contributed by atoms with Crippen molar-refractivity contribution in [2.24, 2.45) is 0 Å². The smallest absolute Gasteiger partial charge is 0.328 e. The average Bonchev–Trinajstić information content (AvgIpc) is 2.91. The van der Waals surface area contributed by atoms with Gasteiger partial charge in [-0.2, -0.15) is 5.26 Å². The maximum absolute atomic E-state index is 14.0. The molecular formula is C29H26Cl2N2O4. The summed E-state index contributed by atoms with van der Waals surface area (Å²) in [6.45, 7) is 3.59. The van der Waals surface area contributed by atoms with E-state index in [1.54, 1.807) is 67.3 Å². The van der Waals surface area contributed by atoms with Gasteiger partial charge in [-0.15, -0.1) is 0 Å². The van der Waals surface area contributed by atoms with Crippen LogP contribution in [0.5, 0.6) is 0 Å². The Morgan fingerprint density at radius 2 is 1.57 bits per heavy atom. The van der Waals surface area contributed by atoms with Gasteiger partial charge in [-0.25, -0.2) is 4.79 Å². The van der Waals surface area contributed by atoms with Crippen molar-refractivity contribution in [3.8, 4) is 6.07 Å². The minimum Gasteiger partial charge on any atom is -0.464 e. The van der Waals surface area contributed by atoms with Crippen molar-refractivity contribution in [1.29, 1.82) is 5.26 Å². The van der Waals surface area contributed by atoms with Crippen LogP contribution in [-0.2, 0) is 25.5 Å². The molecule has 0 radical (unpaired) electrons. The van der Waals surface area contributed by atoms with Crippen LogP contribution in [0.2, 0.25) is 10.0 Å². The first kappa shape index (κ1) is 26.7. The number of carbonyl (C=O) groups excluding carboxylic acids is 2. The Morgan fingerprint density at radius 3 is 2.11 bits per heavy atom. The molecule has 37 heavy (non-hydrogen) atoms. The highest BCUT2D eigenvalue weighted by molar-refractivity contribution is 6.30. The molecule has 4 atom stereocenters. The van der Waals surface area contributed by atoms with E-state index in [4.69, 9.17) is 37.9 Å². The highest BCUT2D eigenvalue weighted by atomic mass is 35.5. The SMILES string of the molecule is CCOC(=O)[C@@H](C)N1C(=O)[C@H](Cc2ccc(C#N)cc2)O[C@@H](c2ccc(Cl)cc2)[C@H]1c1ccc(Cl)cc1. The number of hydrogen-bond acceptors (Lipinski definition) is 5. The van der Waals surface area contributed by atoms with Crippen molar-refractivity contribution >= 4 is 35.1 Å². The summed E-state index contributed by atoms with van der Waals surface area (Å²) < 4.78 is 11.8. The molecule has 0 aromatic heterocycles. The second kappa shape index (κ2) is 11.8. The normalized spacial score (nSPS) is 20.2. The van der Waals surface area contributed by atoms with Crippen LogP contribution in [0.1, 0.15) is 48.2 Å². The first-order chi connectivity index (χ1) is 17.8. The highest BCUT2D eigenvalue weighted by Gasteiger charge is 2.47. The molecule has 0 bridgehead atoms. The van der Waals surface area contributed by atoms with E-state index in [1.807, 2.05) is 24.3 Å². The number of nitriles is 1. The summed E-state index contributed by atoms with van der Waals surface area (Å²) in [4.78, 5) is 28.5. The molecule has 1 fully saturated rings. The van der Waals surface area contributed by atoms with Gasteiger partial charge in [0.1, 0.15) is 18.2 Å². The fraction of sp³-hybridized carbons (Fsp3) is 0.276. The molecule has 1 heterocycles. The molecule has 1 aliphatic heterocycles. The largest absolute Gasteiger partial charge is 0.464 e. The average molecular weight is 537 g/mol. The Balaban J connectivity index is 1.80. The molecule has 0 unspecified atom stereocenters. The summed E-state index contributed by atoms with van der Waals surface area (Å²) in [6, 6.07) is 22.0. The van der Waals surface area contributed by atoms with Gasteiger partial charge in [0.25, 0.3) is 5.91 Å². The molecule has 4 rings (SSSR count). The maximum Gasteiger partial charge on any atom is 0.328 e. The zero-order valence-corrected chi connectivity index (χ0v) is 21.9. The third kappa shape index (κ3) is 5.97. The Labute approximate surface area is 226 Å². The molecule has 0 N–H and O–H groups in total. The van der Waals surface area contributed by atoms with Crippen molar-refractivity contribution in [1.82, 2.24) is 4.90 Å². The minimum atomic E-state index is -0.867. The molecule has 6 nitrogen and oxygen atoms in total. The Hall–Kier alpha value is -3.37. The number of rotatable bonds is 7. The van der Waals surface area contributed by atoms with E-state index in [0.717, 1.165) is 16.7 Å². The fourth-order valence-corrected chi connectivity index (χ4v) is 4.79. The van der Waals surface area contributed by atoms with Gasteiger partial charge in [0, 0.05) is 16.5 Å². The topological polar surface area (TPSA) is 79.6 Å². The third-order valence-corrected chi connectivity index (χ3v) is 6.89. The van der Waals surface area contributed by atoms with Crippen LogP contribution in [0.25, 0.3) is 0 Å². The van der Waals surface area contributed by atoms with Crippen LogP contribution in [0, 0.1) is 11.3 Å². The zero-order chi connectivity index (χ0) is 26.5. The summed E-state index contributed by atoms with van der Waals surface area (Å²) in [6.07, 6.45) is -1.20. The molecule has 8 heteroatoms. The summed E-state index contributed by atoms with van der Waals surface area (Å²) in [5, 5.41) is 10.2. The maximum atomic E-state index is 14.0. The zero-order valence-electron chi connectivity index (χ0n) is 20.4. The molecule has 190 valence electrons. The molecule has 0 aliphatic carbocycles. The van der Waals surface area contributed by atoms with E-state index >= 15 is 0 Å². The van der Waals surface area contributed by atoms with Gasteiger partial charge in [-0.3, -0.25) is 4.79 Å². The summed E-state index contributed by atoms with van der Waals surface area (Å²) in [7, 11) is 0. The Kier molecular flexibility index (Phi) is 8.50. The molecule has 1 aliphatic rings. The van der Waals surface area contributed by atoms with Crippen LogP contribution < -0.4 is 0 Å². The van der Waals surface area contributed by atoms with Crippen molar-refractivity contribution in [2.45, 2.75) is 44.6 Å². The second-order valence-electron chi connectivity index (χ2n) is 8.78. The minimum absolute atomic E-state index is 0.197. The number of nitrogens with zero attached hydrogens (tertiary/aromatic N) is 2. The van der Waals surface area contributed by atoms with Crippen molar-refractivity contribution in [3.63, 3.8) is 0 Å². The van der Waals surface area contributed by atoms with Gasteiger partial charge in [-0.1, -0.05) is 59.6 Å². The fourth-order valence-electron chi connectivity index (χ4n) is 4.54. The molecule has 1 amide bonds. The van der Waals surface area contributed by atoms with Crippen molar-refractivity contribution in [2.75, 3.05) is 6.61 Å². The van der Waals surface area contributed by atoms with Crippen LogP contribution in [0.15, 0.2) is 72.8 Å². The third-order valence-electron chi connectivity index (χ3n) is 6.39. The molecule has 1 saturated heterocycles. The van der Waals surface area contributed by atoms with Crippen LogP contribution in [0.3, 0.4) is 0 Å². The Bertz CT molecular complexity index is 1290. The van der Waals surface area contributed by atoms with Gasteiger partial charge in [0.2, 0.25) is 0 Å². The number of carbonyl (C=O) groups is 2. The van der Waals surface area contributed by atoms with Crippen LogP contribution >= 0.6 is 23.2 Å². The van der Waals surface area contributed by atoms with Gasteiger partial charge < -0.3 is 14.4 Å². The van der Waals surface area contributed by atoms with Crippen molar-refractivity contribution < 1.29 is 19.1 Å². The molecule has 0 saturated carbocycles. The lowest BCUT2D eigenvalue weighted by molar-refractivity contribution is -0.184. The van der Waals surface area contributed by atoms with Gasteiger partial charge >= 0.3 is 5.97 Å². The number of ether oxygens (including phenoxy) is 2. The predicted octanol–water partition coefficient (Wildman–Crippen LogP) is 6.07. The molecule has 3 aromatic carbocycles. The number of halogens is 2. The van der Waals surface area contributed by atoms with Gasteiger partial charge in [-0.05, 0) is 66.9 Å². The summed E-state index contributed by atoms with van der Waals surface area (Å²) in [5.41, 5.74) is 2.94. The first-order valence-electron chi connectivity index (χ1n) is 12.0. The number of morpholine rings is 1. The monoisotopic (exact) mass is 536 g/mol. The predicted molar refractivity (Wildman–Crippen MR) is 141 cm³/mol. The van der Waals surface area contributed by atoms with E-state index in [2.05, 4.69) is 6.07 Å². The second-order valence-corrected chi connectivity index (χ2v) is 9.65. The van der Waals surface area contributed by atoms with E-state index < -0.39 is 30.3 Å². The van der Waals surface area contributed by atoms with Crippen LogP contribution in [0.4, 0.5) is 0 Å². The van der Waals surface area contributed by atoms with E-state index in [1.165, 1.54) is 0 Å². The molecule has 0 spiro atoms. The van der Waals surface area contributed by atoms with E-state index in [9.17, 15) is 9.59 Å². The molecule has 3 aromatic rings. The van der Waals surface area contributed by atoms with Crippen molar-refractivity contribution in [3.05, 3.63) is 105 Å². The quantitative estimate of drug-likeness (QED) is 0.342. The number of esters is 1. The van der Waals surface area contributed by atoms with Crippen LogP contribution in [-0.4, -0.2) is 35.5 Å². The standard InChI is InChI=1S/C29H26Cl2N2O4/c1-3-36-29(35)18(2)33-26(21-8-12-23(30)13-9-21)27(22-10-14-24(31)15-11-22)37-25(28(33)34)16-19-4-6-20(17-32)7-5-19/h4-15,18,25-27H,3,16H2,1-2H3/t18-,25+,26-,27+/m1/s1. The number of hydrogen-bond donors (Lipinski definition) is 0. The lowest BCUT2D eigenvalue weighted by Gasteiger charge is -2.46. The van der Waals surface area contributed by atoms with Gasteiger partial charge in [0.05, 0.1) is 24.3 Å². The lowest BCUT2D eigenvalue weighted by atomic mass is 9.89.